The highest BCUT2D eigenvalue weighted by molar-refractivity contribution is 14.0. The maximum Gasteiger partial charge on any atom is 0.193 e. The molecule has 4 nitrogen and oxygen atoms in total. The predicted octanol–water partition coefficient (Wildman–Crippen LogP) is 3.22. The van der Waals surface area contributed by atoms with Gasteiger partial charge in [0.1, 0.15) is 0 Å². The predicted molar refractivity (Wildman–Crippen MR) is 105 cm³/mol. The third-order valence-corrected chi connectivity index (χ3v) is 5.40. The van der Waals surface area contributed by atoms with Crippen molar-refractivity contribution >= 4 is 53.0 Å². The summed E-state index contributed by atoms with van der Waals surface area (Å²) in [6, 6.07) is 0. The molecular formula is C14H25IN4S2. The Morgan fingerprint density at radius 3 is 2.76 bits per heavy atom. The minimum atomic E-state index is 0. The number of aromatic nitrogens is 1. The fourth-order valence-corrected chi connectivity index (χ4v) is 4.18. The van der Waals surface area contributed by atoms with Gasteiger partial charge in [-0.2, -0.15) is 11.8 Å². The molecule has 0 bridgehead atoms. The van der Waals surface area contributed by atoms with E-state index in [1.165, 1.54) is 24.3 Å². The molecule has 1 saturated heterocycles. The van der Waals surface area contributed by atoms with Gasteiger partial charge in [0.05, 0.1) is 17.2 Å². The smallest absolute Gasteiger partial charge is 0.193 e. The number of hydrogen-bond donors (Lipinski definition) is 1. The molecule has 1 aliphatic heterocycles. The average molecular weight is 440 g/mol. The van der Waals surface area contributed by atoms with Gasteiger partial charge < -0.3 is 10.2 Å². The van der Waals surface area contributed by atoms with Crippen molar-refractivity contribution in [3.8, 4) is 0 Å². The Hall–Kier alpha value is -0.0200. The summed E-state index contributed by atoms with van der Waals surface area (Å²) in [4.78, 5) is 11.0. The molecule has 0 amide bonds. The number of hydrogen-bond acceptors (Lipinski definition) is 4. The molecule has 120 valence electrons. The van der Waals surface area contributed by atoms with Crippen LogP contribution in [0.1, 0.15) is 23.5 Å². The third-order valence-electron chi connectivity index (χ3n) is 3.53. The molecule has 0 unspecified atom stereocenters. The lowest BCUT2D eigenvalue weighted by molar-refractivity contribution is 0.437. The quantitative estimate of drug-likeness (QED) is 0.444. The molecular weight excluding hydrogens is 415 g/mol. The third kappa shape index (κ3) is 6.32. The monoisotopic (exact) mass is 440 g/mol. The highest BCUT2D eigenvalue weighted by Gasteiger charge is 2.15. The SMILES string of the molecule is CN=C(NCC1CCSCC1)N(C)Cc1csc(C)n1.I. The Bertz CT molecular complexity index is 444. The van der Waals surface area contributed by atoms with Gasteiger partial charge in [0.2, 0.25) is 0 Å². The summed E-state index contributed by atoms with van der Waals surface area (Å²) in [5.41, 5.74) is 1.12. The van der Waals surface area contributed by atoms with Crippen molar-refractivity contribution in [2.75, 3.05) is 32.1 Å². The second kappa shape index (κ2) is 9.89. The van der Waals surface area contributed by atoms with Crippen molar-refractivity contribution in [1.82, 2.24) is 15.2 Å². The molecule has 21 heavy (non-hydrogen) atoms. The zero-order valence-corrected chi connectivity index (χ0v) is 16.9. The Balaban J connectivity index is 0.00000220. The van der Waals surface area contributed by atoms with Gasteiger partial charge in [0, 0.05) is 26.0 Å². The second-order valence-electron chi connectivity index (χ2n) is 5.20. The molecule has 1 fully saturated rings. The molecule has 0 saturated carbocycles. The second-order valence-corrected chi connectivity index (χ2v) is 7.48. The normalized spacial score (nSPS) is 16.4. The van der Waals surface area contributed by atoms with Crippen LogP contribution in [0, 0.1) is 12.8 Å². The van der Waals surface area contributed by atoms with Crippen molar-refractivity contribution in [1.29, 1.82) is 0 Å². The van der Waals surface area contributed by atoms with Gasteiger partial charge in [-0.3, -0.25) is 4.99 Å². The summed E-state index contributed by atoms with van der Waals surface area (Å²) >= 11 is 3.77. The zero-order valence-electron chi connectivity index (χ0n) is 13.0. The Morgan fingerprint density at radius 2 is 2.19 bits per heavy atom. The van der Waals surface area contributed by atoms with E-state index < -0.39 is 0 Å². The number of guanidine groups is 1. The molecule has 1 aromatic heterocycles. The van der Waals surface area contributed by atoms with Crippen LogP contribution < -0.4 is 5.32 Å². The number of aryl methyl sites for hydroxylation is 1. The molecule has 1 aromatic rings. The summed E-state index contributed by atoms with van der Waals surface area (Å²) < 4.78 is 0. The summed E-state index contributed by atoms with van der Waals surface area (Å²) in [6.45, 7) is 3.89. The lowest BCUT2D eigenvalue weighted by Gasteiger charge is -2.26. The maximum absolute atomic E-state index is 4.51. The Morgan fingerprint density at radius 1 is 1.48 bits per heavy atom. The van der Waals surface area contributed by atoms with Crippen LogP contribution in [0.2, 0.25) is 0 Å². The lowest BCUT2D eigenvalue weighted by atomic mass is 10.0. The Kier molecular flexibility index (Phi) is 8.96. The number of rotatable bonds is 4. The molecule has 0 atom stereocenters. The first kappa shape index (κ1) is 19.0. The highest BCUT2D eigenvalue weighted by atomic mass is 127. The van der Waals surface area contributed by atoms with Gasteiger partial charge in [-0.1, -0.05) is 0 Å². The van der Waals surface area contributed by atoms with Crippen LogP contribution in [0.3, 0.4) is 0 Å². The number of aliphatic imine (C=N–C) groups is 1. The van der Waals surface area contributed by atoms with E-state index in [2.05, 4.69) is 44.4 Å². The number of thioether (sulfide) groups is 1. The van der Waals surface area contributed by atoms with Gasteiger partial charge in [0.15, 0.2) is 5.96 Å². The zero-order chi connectivity index (χ0) is 14.4. The van der Waals surface area contributed by atoms with Crippen molar-refractivity contribution in [3.05, 3.63) is 16.1 Å². The van der Waals surface area contributed by atoms with Crippen molar-refractivity contribution < 1.29 is 0 Å². The first-order valence-electron chi connectivity index (χ1n) is 7.09. The number of nitrogens with one attached hydrogen (secondary N) is 1. The minimum Gasteiger partial charge on any atom is -0.356 e. The maximum atomic E-state index is 4.51. The largest absolute Gasteiger partial charge is 0.356 e. The molecule has 0 radical (unpaired) electrons. The van der Waals surface area contributed by atoms with E-state index in [9.17, 15) is 0 Å². The van der Waals surface area contributed by atoms with Crippen molar-refractivity contribution in [3.63, 3.8) is 0 Å². The van der Waals surface area contributed by atoms with E-state index >= 15 is 0 Å². The van der Waals surface area contributed by atoms with Crippen LogP contribution in [0.15, 0.2) is 10.4 Å². The van der Waals surface area contributed by atoms with Crippen LogP contribution >= 0.6 is 47.1 Å². The van der Waals surface area contributed by atoms with Crippen LogP contribution in [-0.2, 0) is 6.54 Å². The van der Waals surface area contributed by atoms with Crippen LogP contribution in [0.4, 0.5) is 0 Å². The van der Waals surface area contributed by atoms with E-state index in [1.54, 1.807) is 11.3 Å². The minimum absolute atomic E-state index is 0. The molecule has 0 aromatic carbocycles. The van der Waals surface area contributed by atoms with E-state index in [1.807, 2.05) is 14.0 Å². The average Bonchev–Trinajstić information content (AvgIpc) is 2.86. The van der Waals surface area contributed by atoms with E-state index in [0.717, 1.165) is 35.7 Å². The van der Waals surface area contributed by atoms with E-state index in [-0.39, 0.29) is 24.0 Å². The molecule has 0 spiro atoms. The lowest BCUT2D eigenvalue weighted by Crippen LogP contribution is -2.41. The van der Waals surface area contributed by atoms with Gasteiger partial charge in [-0.15, -0.1) is 35.3 Å². The molecule has 7 heteroatoms. The fraction of sp³-hybridized carbons (Fsp3) is 0.714. The number of nitrogens with zero attached hydrogens (tertiary/aromatic N) is 3. The van der Waals surface area contributed by atoms with Gasteiger partial charge in [-0.25, -0.2) is 4.98 Å². The van der Waals surface area contributed by atoms with Gasteiger partial charge in [-0.05, 0) is 37.2 Å². The molecule has 0 aliphatic carbocycles. The summed E-state index contributed by atoms with van der Waals surface area (Å²) in [5, 5.41) is 6.75. The fourth-order valence-electron chi connectivity index (χ4n) is 2.37. The van der Waals surface area contributed by atoms with Crippen molar-refractivity contribution in [2.45, 2.75) is 26.3 Å². The molecule has 2 heterocycles. The van der Waals surface area contributed by atoms with Crippen LogP contribution in [0.25, 0.3) is 0 Å². The van der Waals surface area contributed by atoms with Gasteiger partial charge >= 0.3 is 0 Å². The summed E-state index contributed by atoms with van der Waals surface area (Å²) in [5.74, 6) is 4.37. The summed E-state index contributed by atoms with van der Waals surface area (Å²) in [6.07, 6.45) is 2.65. The molecule has 1 aliphatic rings. The standard InChI is InChI=1S/C14H24N4S2.HI/c1-11-17-13(10-20-11)9-18(3)14(15-2)16-8-12-4-6-19-7-5-12;/h10,12H,4-9H2,1-3H3,(H,15,16);1H. The van der Waals surface area contributed by atoms with Gasteiger partial charge in [0.25, 0.3) is 0 Å². The van der Waals surface area contributed by atoms with Crippen LogP contribution in [0.5, 0.6) is 0 Å². The Labute approximate surface area is 153 Å². The summed E-state index contributed by atoms with van der Waals surface area (Å²) in [7, 11) is 3.92. The van der Waals surface area contributed by atoms with E-state index in [0.29, 0.717) is 0 Å². The molecule has 2 rings (SSSR count). The highest BCUT2D eigenvalue weighted by Crippen LogP contribution is 2.21. The van der Waals surface area contributed by atoms with Crippen molar-refractivity contribution in [2.24, 2.45) is 10.9 Å². The van der Waals surface area contributed by atoms with E-state index in [4.69, 9.17) is 0 Å². The topological polar surface area (TPSA) is 40.5 Å². The first-order valence-corrected chi connectivity index (χ1v) is 9.13. The first-order chi connectivity index (χ1) is 9.69. The number of thiazole rings is 1. The molecule has 1 N–H and O–H groups in total. The van der Waals surface area contributed by atoms with Crippen LogP contribution in [-0.4, -0.2) is 48.0 Å². The number of halogens is 1.